The van der Waals surface area contributed by atoms with Crippen LogP contribution in [0.3, 0.4) is 0 Å². The van der Waals surface area contributed by atoms with Crippen molar-refractivity contribution in [2.24, 2.45) is 23.5 Å². The second-order valence-electron chi connectivity index (χ2n) is 6.37. The van der Waals surface area contributed by atoms with Crippen LogP contribution in [0.15, 0.2) is 0 Å². The van der Waals surface area contributed by atoms with E-state index >= 15 is 0 Å². The van der Waals surface area contributed by atoms with E-state index in [9.17, 15) is 0 Å². The summed E-state index contributed by atoms with van der Waals surface area (Å²) in [6.07, 6.45) is 3.82. The minimum Gasteiger partial charge on any atom is -0.330 e. The van der Waals surface area contributed by atoms with Crippen LogP contribution >= 0.6 is 0 Å². The maximum Gasteiger partial charge on any atom is 0.000449 e. The van der Waals surface area contributed by atoms with Crippen molar-refractivity contribution < 1.29 is 0 Å². The Morgan fingerprint density at radius 2 is 1.41 bits per heavy atom. The third-order valence-electron chi connectivity index (χ3n) is 3.08. The molecule has 1 atom stereocenters. The van der Waals surface area contributed by atoms with Crippen molar-refractivity contribution >= 4 is 0 Å². The van der Waals surface area contributed by atoms with E-state index in [0.717, 1.165) is 24.3 Å². The van der Waals surface area contributed by atoms with Crippen LogP contribution in [0.4, 0.5) is 0 Å². The van der Waals surface area contributed by atoms with Gasteiger partial charge in [0.25, 0.3) is 0 Å². The van der Waals surface area contributed by atoms with Crippen molar-refractivity contribution in [2.45, 2.75) is 53.9 Å². The molecule has 2 N–H and O–H groups in total. The summed E-state index contributed by atoms with van der Waals surface area (Å²) in [5, 5.41) is 0. The predicted molar refractivity (Wildman–Crippen MR) is 78.2 cm³/mol. The van der Waals surface area contributed by atoms with Gasteiger partial charge in [-0.3, -0.25) is 0 Å². The molecule has 0 aromatic heterocycles. The maximum atomic E-state index is 5.58. The monoisotopic (exact) mass is 242 g/mol. The van der Waals surface area contributed by atoms with Crippen LogP contribution in [-0.4, -0.2) is 31.1 Å². The molecule has 0 radical (unpaired) electrons. The van der Waals surface area contributed by atoms with Crippen LogP contribution < -0.4 is 5.73 Å². The van der Waals surface area contributed by atoms with E-state index < -0.39 is 0 Å². The molecule has 0 bridgehead atoms. The minimum absolute atomic E-state index is 0.773. The van der Waals surface area contributed by atoms with E-state index in [1.807, 2.05) is 0 Å². The van der Waals surface area contributed by atoms with Crippen molar-refractivity contribution in [1.82, 2.24) is 4.90 Å². The Morgan fingerprint density at radius 1 is 0.882 bits per heavy atom. The molecule has 0 rings (SSSR count). The average molecular weight is 242 g/mol. The Morgan fingerprint density at radius 3 is 1.82 bits per heavy atom. The lowest BCUT2D eigenvalue weighted by molar-refractivity contribution is 0.211. The van der Waals surface area contributed by atoms with E-state index in [4.69, 9.17) is 5.73 Å². The first-order valence-electron chi connectivity index (χ1n) is 7.38. The fraction of sp³-hybridized carbons (Fsp3) is 1.00. The van der Waals surface area contributed by atoms with Crippen molar-refractivity contribution in [3.8, 4) is 0 Å². The lowest BCUT2D eigenvalue weighted by atomic mass is 10.0. The Bertz CT molecular complexity index is 156. The van der Waals surface area contributed by atoms with Gasteiger partial charge in [-0.15, -0.1) is 0 Å². The van der Waals surface area contributed by atoms with Crippen LogP contribution in [-0.2, 0) is 0 Å². The van der Waals surface area contributed by atoms with Gasteiger partial charge in [-0.25, -0.2) is 0 Å². The third-order valence-corrected chi connectivity index (χ3v) is 3.08. The van der Waals surface area contributed by atoms with E-state index in [-0.39, 0.29) is 0 Å². The fourth-order valence-electron chi connectivity index (χ4n) is 2.38. The summed E-state index contributed by atoms with van der Waals surface area (Å²) >= 11 is 0. The summed E-state index contributed by atoms with van der Waals surface area (Å²) in [6, 6.07) is 0. The Hall–Kier alpha value is -0.0800. The number of rotatable bonds is 10. The SMILES string of the molecule is CC(C)CN(CCCC(C)CCN)CC(C)C. The molecule has 0 fully saturated rings. The summed E-state index contributed by atoms with van der Waals surface area (Å²) in [6.45, 7) is 16.1. The molecule has 17 heavy (non-hydrogen) atoms. The molecule has 2 nitrogen and oxygen atoms in total. The molecule has 0 aromatic carbocycles. The molecule has 0 amide bonds. The fourth-order valence-corrected chi connectivity index (χ4v) is 2.38. The zero-order chi connectivity index (χ0) is 13.3. The summed E-state index contributed by atoms with van der Waals surface area (Å²) in [7, 11) is 0. The first-order valence-corrected chi connectivity index (χ1v) is 7.38. The minimum atomic E-state index is 0.773. The first kappa shape index (κ1) is 16.9. The van der Waals surface area contributed by atoms with Gasteiger partial charge in [0.2, 0.25) is 0 Å². The molecule has 104 valence electrons. The van der Waals surface area contributed by atoms with Gasteiger partial charge < -0.3 is 10.6 Å². The van der Waals surface area contributed by atoms with Gasteiger partial charge in [-0.1, -0.05) is 34.6 Å². The number of hydrogen-bond acceptors (Lipinski definition) is 2. The van der Waals surface area contributed by atoms with Gasteiger partial charge in [0.15, 0.2) is 0 Å². The number of nitrogens with two attached hydrogens (primary N) is 1. The lowest BCUT2D eigenvalue weighted by Gasteiger charge is -2.26. The molecule has 0 aliphatic rings. The second-order valence-corrected chi connectivity index (χ2v) is 6.37. The maximum absolute atomic E-state index is 5.58. The highest BCUT2D eigenvalue weighted by Gasteiger charge is 2.10. The average Bonchev–Trinajstić information content (AvgIpc) is 2.15. The highest BCUT2D eigenvalue weighted by atomic mass is 15.1. The summed E-state index contributed by atoms with van der Waals surface area (Å²) in [5.74, 6) is 2.34. The number of hydrogen-bond donors (Lipinski definition) is 1. The largest absolute Gasteiger partial charge is 0.330 e. The van der Waals surface area contributed by atoms with Gasteiger partial charge in [-0.2, -0.15) is 0 Å². The van der Waals surface area contributed by atoms with Crippen molar-refractivity contribution in [3.05, 3.63) is 0 Å². The molecule has 0 spiro atoms. The summed E-state index contributed by atoms with van der Waals surface area (Å²) < 4.78 is 0. The van der Waals surface area contributed by atoms with E-state index in [0.29, 0.717) is 0 Å². The molecule has 1 unspecified atom stereocenters. The molecule has 0 saturated carbocycles. The first-order chi connectivity index (χ1) is 7.95. The molecule has 0 heterocycles. The molecular formula is C15H34N2. The van der Waals surface area contributed by atoms with E-state index in [1.54, 1.807) is 0 Å². The van der Waals surface area contributed by atoms with Crippen molar-refractivity contribution in [2.75, 3.05) is 26.2 Å². The van der Waals surface area contributed by atoms with Gasteiger partial charge in [0.05, 0.1) is 0 Å². The molecule has 0 aliphatic carbocycles. The van der Waals surface area contributed by atoms with Crippen LogP contribution in [0, 0.1) is 17.8 Å². The zero-order valence-corrected chi connectivity index (χ0v) is 12.7. The topological polar surface area (TPSA) is 29.3 Å². The summed E-state index contributed by atoms with van der Waals surface area (Å²) in [5.41, 5.74) is 5.58. The van der Waals surface area contributed by atoms with Crippen LogP contribution in [0.25, 0.3) is 0 Å². The van der Waals surface area contributed by atoms with Crippen LogP contribution in [0.1, 0.15) is 53.9 Å². The third kappa shape index (κ3) is 10.8. The second kappa shape index (κ2) is 9.90. The lowest BCUT2D eigenvalue weighted by Crippen LogP contribution is -2.32. The highest BCUT2D eigenvalue weighted by Crippen LogP contribution is 2.11. The van der Waals surface area contributed by atoms with Gasteiger partial charge in [0.1, 0.15) is 0 Å². The van der Waals surface area contributed by atoms with Gasteiger partial charge in [0, 0.05) is 13.1 Å². The van der Waals surface area contributed by atoms with E-state index in [1.165, 1.54) is 38.9 Å². The highest BCUT2D eigenvalue weighted by molar-refractivity contribution is 4.64. The van der Waals surface area contributed by atoms with Gasteiger partial charge in [-0.05, 0) is 50.1 Å². The molecule has 2 heteroatoms. The van der Waals surface area contributed by atoms with E-state index in [2.05, 4.69) is 39.5 Å². The van der Waals surface area contributed by atoms with Crippen molar-refractivity contribution in [1.29, 1.82) is 0 Å². The molecular weight excluding hydrogens is 208 g/mol. The zero-order valence-electron chi connectivity index (χ0n) is 12.7. The quantitative estimate of drug-likeness (QED) is 0.636. The Balaban J connectivity index is 3.82. The predicted octanol–water partition coefficient (Wildman–Crippen LogP) is 3.37. The molecule has 0 aromatic rings. The molecule has 0 aliphatic heterocycles. The smallest absolute Gasteiger partial charge is 0.000449 e. The standard InChI is InChI=1S/C15H34N2/c1-13(2)11-17(12-14(3)4)10-6-7-15(5)8-9-16/h13-15H,6-12,16H2,1-5H3. The van der Waals surface area contributed by atoms with Crippen molar-refractivity contribution in [3.63, 3.8) is 0 Å². The summed E-state index contributed by atoms with van der Waals surface area (Å²) in [4.78, 5) is 2.63. The molecule has 0 saturated heterocycles. The van der Waals surface area contributed by atoms with Gasteiger partial charge >= 0.3 is 0 Å². The van der Waals surface area contributed by atoms with Crippen LogP contribution in [0.5, 0.6) is 0 Å². The van der Waals surface area contributed by atoms with Crippen LogP contribution in [0.2, 0.25) is 0 Å². The Labute approximate surface area is 109 Å². The Kier molecular flexibility index (Phi) is 9.85. The number of nitrogens with zero attached hydrogens (tertiary/aromatic N) is 1. The normalized spacial score (nSPS) is 13.9.